The van der Waals surface area contributed by atoms with Crippen molar-refractivity contribution >= 4 is 5.97 Å². The maximum absolute atomic E-state index is 11.3. The third-order valence-electron chi connectivity index (χ3n) is 3.00. The largest absolute Gasteiger partial charge is 0.465 e. The molecule has 0 bridgehead atoms. The summed E-state index contributed by atoms with van der Waals surface area (Å²) in [6.45, 7) is 6.29. The highest BCUT2D eigenvalue weighted by Gasteiger charge is 2.08. The Hall–Kier alpha value is -1.42. The van der Waals surface area contributed by atoms with Gasteiger partial charge in [-0.1, -0.05) is 20.3 Å². The molecule has 1 aromatic rings. The topological polar surface area (TPSA) is 42.4 Å². The fourth-order valence-electron chi connectivity index (χ4n) is 1.76. The highest BCUT2D eigenvalue weighted by Crippen LogP contribution is 2.07. The molecule has 0 radical (unpaired) electrons. The summed E-state index contributed by atoms with van der Waals surface area (Å²) in [5.41, 5.74) is 1.46. The van der Waals surface area contributed by atoms with E-state index in [9.17, 15) is 4.79 Å². The van der Waals surface area contributed by atoms with Crippen LogP contribution in [0, 0.1) is 5.92 Å². The first-order valence-corrected chi connectivity index (χ1v) is 6.28. The molecule has 1 rings (SSSR count). The van der Waals surface area contributed by atoms with Crippen molar-refractivity contribution in [2.24, 2.45) is 5.92 Å². The molecule has 0 aliphatic rings. The minimum atomic E-state index is -0.345. The Balaban J connectivity index is 2.55. The number of ether oxygens (including phenoxy) is 1. The van der Waals surface area contributed by atoms with Crippen molar-refractivity contribution in [1.29, 1.82) is 0 Å². The number of esters is 1. The van der Waals surface area contributed by atoms with Crippen LogP contribution in [0.5, 0.6) is 0 Å². The van der Waals surface area contributed by atoms with Crippen LogP contribution >= 0.6 is 0 Å². The van der Waals surface area contributed by atoms with Gasteiger partial charge in [0.25, 0.3) is 0 Å². The molecule has 4 heteroatoms. The molecule has 1 unspecified atom stereocenters. The van der Waals surface area contributed by atoms with E-state index < -0.39 is 0 Å². The van der Waals surface area contributed by atoms with Crippen LogP contribution in [0.4, 0.5) is 0 Å². The molecule has 100 valence electrons. The van der Waals surface area contributed by atoms with Gasteiger partial charge in [-0.3, -0.25) is 4.98 Å². The summed E-state index contributed by atoms with van der Waals surface area (Å²) >= 11 is 0. The Morgan fingerprint density at radius 3 is 2.72 bits per heavy atom. The predicted molar refractivity (Wildman–Crippen MR) is 71.4 cm³/mol. The van der Waals surface area contributed by atoms with Crippen molar-refractivity contribution < 1.29 is 9.53 Å². The Bertz CT molecular complexity index is 376. The van der Waals surface area contributed by atoms with Gasteiger partial charge in [-0.2, -0.15) is 0 Å². The molecule has 1 aromatic heterocycles. The van der Waals surface area contributed by atoms with Crippen molar-refractivity contribution in [2.75, 3.05) is 20.7 Å². The van der Waals surface area contributed by atoms with Gasteiger partial charge in [0.15, 0.2) is 0 Å². The lowest BCUT2D eigenvalue weighted by Gasteiger charge is -2.19. The molecular weight excluding hydrogens is 228 g/mol. The quantitative estimate of drug-likeness (QED) is 0.727. The Morgan fingerprint density at radius 2 is 2.22 bits per heavy atom. The van der Waals surface area contributed by atoms with Crippen molar-refractivity contribution in [1.82, 2.24) is 9.88 Å². The molecule has 1 atom stereocenters. The van der Waals surface area contributed by atoms with Gasteiger partial charge in [-0.05, 0) is 25.1 Å². The highest BCUT2D eigenvalue weighted by molar-refractivity contribution is 5.88. The van der Waals surface area contributed by atoms with Gasteiger partial charge < -0.3 is 9.64 Å². The van der Waals surface area contributed by atoms with Crippen molar-refractivity contribution in [3.05, 3.63) is 29.6 Å². The minimum absolute atomic E-state index is 0.345. The molecule has 0 aromatic carbocycles. The summed E-state index contributed by atoms with van der Waals surface area (Å²) in [6.07, 6.45) is 2.75. The second-order valence-corrected chi connectivity index (χ2v) is 4.74. The number of carbonyl (C=O) groups is 1. The number of methoxy groups -OCH3 is 1. The molecule has 18 heavy (non-hydrogen) atoms. The van der Waals surface area contributed by atoms with E-state index >= 15 is 0 Å². The molecule has 0 N–H and O–H groups in total. The molecule has 0 amide bonds. The van der Waals surface area contributed by atoms with Crippen molar-refractivity contribution in [2.45, 2.75) is 26.8 Å². The summed E-state index contributed by atoms with van der Waals surface area (Å²) in [6, 6.07) is 3.63. The van der Waals surface area contributed by atoms with E-state index in [2.05, 4.69) is 35.5 Å². The lowest BCUT2D eigenvalue weighted by Crippen LogP contribution is -2.24. The van der Waals surface area contributed by atoms with Gasteiger partial charge in [0.05, 0.1) is 18.4 Å². The zero-order valence-electron chi connectivity index (χ0n) is 11.6. The summed E-state index contributed by atoms with van der Waals surface area (Å²) < 4.78 is 4.64. The number of hydrogen-bond donors (Lipinski definition) is 0. The van der Waals surface area contributed by atoms with Crippen molar-refractivity contribution in [3.63, 3.8) is 0 Å². The van der Waals surface area contributed by atoms with Crippen LogP contribution in [0.25, 0.3) is 0 Å². The van der Waals surface area contributed by atoms with Gasteiger partial charge >= 0.3 is 5.97 Å². The number of pyridine rings is 1. The lowest BCUT2D eigenvalue weighted by atomic mass is 10.1. The second-order valence-electron chi connectivity index (χ2n) is 4.74. The summed E-state index contributed by atoms with van der Waals surface area (Å²) in [5.74, 6) is 0.339. The molecule has 0 spiro atoms. The molecule has 0 saturated carbocycles. The van der Waals surface area contributed by atoms with Gasteiger partial charge in [0.2, 0.25) is 0 Å². The third-order valence-corrected chi connectivity index (χ3v) is 3.00. The minimum Gasteiger partial charge on any atom is -0.465 e. The summed E-state index contributed by atoms with van der Waals surface area (Å²) in [7, 11) is 3.46. The molecule has 0 saturated heterocycles. The molecule has 1 heterocycles. The molecular formula is C14H22N2O2. The number of hydrogen-bond acceptors (Lipinski definition) is 4. The van der Waals surface area contributed by atoms with Gasteiger partial charge in [-0.25, -0.2) is 4.79 Å². The maximum Gasteiger partial charge on any atom is 0.339 e. The van der Waals surface area contributed by atoms with Crippen LogP contribution in [0.1, 0.15) is 36.3 Å². The van der Waals surface area contributed by atoms with E-state index in [1.165, 1.54) is 13.5 Å². The van der Waals surface area contributed by atoms with E-state index in [-0.39, 0.29) is 5.97 Å². The normalized spacial score (nSPS) is 12.5. The van der Waals surface area contributed by atoms with Crippen LogP contribution < -0.4 is 0 Å². The highest BCUT2D eigenvalue weighted by atomic mass is 16.5. The van der Waals surface area contributed by atoms with Gasteiger partial charge in [0.1, 0.15) is 0 Å². The van der Waals surface area contributed by atoms with E-state index in [1.54, 1.807) is 12.3 Å². The van der Waals surface area contributed by atoms with Gasteiger partial charge in [0, 0.05) is 19.3 Å². The predicted octanol–water partition coefficient (Wildman–Crippen LogP) is 2.35. The van der Waals surface area contributed by atoms with Crippen molar-refractivity contribution in [3.8, 4) is 0 Å². The summed E-state index contributed by atoms with van der Waals surface area (Å²) in [5, 5.41) is 0. The number of nitrogens with zero attached hydrogens (tertiary/aromatic N) is 2. The molecule has 0 aliphatic carbocycles. The first kappa shape index (κ1) is 14.6. The Kier molecular flexibility index (Phi) is 5.78. The molecule has 0 fully saturated rings. The van der Waals surface area contributed by atoms with Crippen LogP contribution in [0.15, 0.2) is 18.3 Å². The number of carbonyl (C=O) groups excluding carboxylic acids is 1. The fourth-order valence-corrected chi connectivity index (χ4v) is 1.76. The standard InChI is InChI=1S/C14H22N2O2/c1-5-11(2)9-16(3)10-13-7-6-12(8-15-13)14(17)18-4/h6-8,11H,5,9-10H2,1-4H3. The van der Waals surface area contributed by atoms with E-state index in [4.69, 9.17) is 0 Å². The Labute approximate surface area is 109 Å². The van der Waals surface area contributed by atoms with Crippen LogP contribution in [-0.2, 0) is 11.3 Å². The average Bonchev–Trinajstić information content (AvgIpc) is 2.38. The fraction of sp³-hybridized carbons (Fsp3) is 0.571. The SMILES string of the molecule is CCC(C)CN(C)Cc1ccc(C(=O)OC)cn1. The zero-order valence-corrected chi connectivity index (χ0v) is 11.6. The van der Waals surface area contributed by atoms with E-state index in [0.29, 0.717) is 11.5 Å². The summed E-state index contributed by atoms with van der Waals surface area (Å²) in [4.78, 5) is 17.8. The third kappa shape index (κ3) is 4.45. The van der Waals surface area contributed by atoms with E-state index in [0.717, 1.165) is 18.8 Å². The van der Waals surface area contributed by atoms with Crippen LogP contribution in [0.3, 0.4) is 0 Å². The van der Waals surface area contributed by atoms with Crippen LogP contribution in [0.2, 0.25) is 0 Å². The van der Waals surface area contributed by atoms with E-state index in [1.807, 2.05) is 6.07 Å². The Morgan fingerprint density at radius 1 is 1.50 bits per heavy atom. The molecule has 4 nitrogen and oxygen atoms in total. The lowest BCUT2D eigenvalue weighted by molar-refractivity contribution is 0.0600. The number of rotatable bonds is 6. The number of aromatic nitrogens is 1. The monoisotopic (exact) mass is 250 g/mol. The average molecular weight is 250 g/mol. The van der Waals surface area contributed by atoms with Crippen LogP contribution in [-0.4, -0.2) is 36.6 Å². The first-order chi connectivity index (χ1) is 8.56. The molecule has 0 aliphatic heterocycles. The maximum atomic E-state index is 11.3. The zero-order chi connectivity index (χ0) is 13.5. The second kappa shape index (κ2) is 7.11. The van der Waals surface area contributed by atoms with Gasteiger partial charge in [-0.15, -0.1) is 0 Å². The first-order valence-electron chi connectivity index (χ1n) is 6.28. The smallest absolute Gasteiger partial charge is 0.339 e.